The molecule has 2 aromatic carbocycles. The predicted molar refractivity (Wildman–Crippen MR) is 136 cm³/mol. The Balaban J connectivity index is 0.00000289. The van der Waals surface area contributed by atoms with Gasteiger partial charge in [0, 0.05) is 12.0 Å². The van der Waals surface area contributed by atoms with Gasteiger partial charge in [-0.15, -0.1) is 24.0 Å². The Morgan fingerprint density at radius 3 is 2.44 bits per heavy atom. The fourth-order valence-corrected chi connectivity index (χ4v) is 4.46. The molecule has 1 aliphatic carbocycles. The highest BCUT2D eigenvalue weighted by Crippen LogP contribution is 2.43. The summed E-state index contributed by atoms with van der Waals surface area (Å²) in [6.07, 6.45) is 4.64. The van der Waals surface area contributed by atoms with E-state index in [1.165, 1.54) is 18.4 Å². The molecule has 2 aliphatic rings. The first-order valence-corrected chi connectivity index (χ1v) is 10.8. The van der Waals surface area contributed by atoms with Crippen molar-refractivity contribution in [1.29, 1.82) is 0 Å². The third kappa shape index (κ3) is 5.33. The number of methoxy groups -OCH3 is 2. The zero-order valence-corrected chi connectivity index (χ0v) is 21.0. The van der Waals surface area contributed by atoms with Gasteiger partial charge in [0.15, 0.2) is 29.0 Å². The summed E-state index contributed by atoms with van der Waals surface area (Å²) in [5.74, 6) is 3.49. The van der Waals surface area contributed by atoms with E-state index in [0.29, 0.717) is 37.2 Å². The summed E-state index contributed by atoms with van der Waals surface area (Å²) in [4.78, 5) is 4.52. The van der Waals surface area contributed by atoms with Crippen molar-refractivity contribution in [3.63, 3.8) is 0 Å². The molecule has 174 valence electrons. The van der Waals surface area contributed by atoms with Crippen molar-refractivity contribution in [1.82, 2.24) is 5.32 Å². The third-order valence-electron chi connectivity index (χ3n) is 6.20. The van der Waals surface area contributed by atoms with E-state index in [-0.39, 0.29) is 29.4 Å². The molecule has 4 rings (SSSR count). The average molecular weight is 553 g/mol. The number of fused-ring (bicyclic) bond motifs is 1. The lowest BCUT2D eigenvalue weighted by Gasteiger charge is -2.31. The molecule has 0 saturated heterocycles. The molecule has 1 saturated carbocycles. The highest BCUT2D eigenvalue weighted by atomic mass is 127. The van der Waals surface area contributed by atoms with Gasteiger partial charge in [-0.2, -0.15) is 0 Å². The molecule has 0 bridgehead atoms. The first-order valence-electron chi connectivity index (χ1n) is 10.8. The summed E-state index contributed by atoms with van der Waals surface area (Å²) in [6.45, 7) is 2.41. The molecule has 0 spiro atoms. The normalized spacial score (nSPS) is 16.8. The van der Waals surface area contributed by atoms with Crippen molar-refractivity contribution in [2.24, 2.45) is 10.7 Å². The van der Waals surface area contributed by atoms with Crippen LogP contribution in [0.4, 0.5) is 0 Å². The van der Waals surface area contributed by atoms with Crippen LogP contribution < -0.4 is 30.0 Å². The Bertz CT molecular complexity index is 945. The van der Waals surface area contributed by atoms with Crippen LogP contribution in [0.2, 0.25) is 0 Å². The van der Waals surface area contributed by atoms with Crippen LogP contribution in [0.5, 0.6) is 23.0 Å². The maximum absolute atomic E-state index is 6.21. The smallest absolute Gasteiger partial charge is 0.188 e. The second-order valence-corrected chi connectivity index (χ2v) is 8.09. The number of rotatable bonds is 7. The number of hydrogen-bond acceptors (Lipinski definition) is 5. The number of nitrogens with two attached hydrogens (primary N) is 1. The molecule has 0 atom stereocenters. The second kappa shape index (κ2) is 11.0. The van der Waals surface area contributed by atoms with Gasteiger partial charge in [0.05, 0.1) is 20.8 Å². The number of nitrogens with zero attached hydrogens (tertiary/aromatic N) is 1. The average Bonchev–Trinajstić information content (AvgIpc) is 3.31. The fourth-order valence-electron chi connectivity index (χ4n) is 4.46. The lowest BCUT2D eigenvalue weighted by molar-refractivity contribution is 0.171. The van der Waals surface area contributed by atoms with Gasteiger partial charge in [-0.25, -0.2) is 4.99 Å². The second-order valence-electron chi connectivity index (χ2n) is 8.09. The van der Waals surface area contributed by atoms with Crippen LogP contribution in [0.3, 0.4) is 0 Å². The van der Waals surface area contributed by atoms with Crippen molar-refractivity contribution in [2.45, 2.75) is 37.6 Å². The molecule has 1 aliphatic heterocycles. The molecular weight excluding hydrogens is 521 g/mol. The number of guanidine groups is 1. The summed E-state index contributed by atoms with van der Waals surface area (Å²) in [7, 11) is 3.25. The van der Waals surface area contributed by atoms with Gasteiger partial charge < -0.3 is 30.0 Å². The number of aliphatic imine (C=N–C) groups is 1. The van der Waals surface area contributed by atoms with Gasteiger partial charge in [0.25, 0.3) is 0 Å². The highest BCUT2D eigenvalue weighted by molar-refractivity contribution is 14.0. The van der Waals surface area contributed by atoms with E-state index in [2.05, 4.69) is 22.4 Å². The van der Waals surface area contributed by atoms with Gasteiger partial charge >= 0.3 is 0 Å². The molecule has 0 radical (unpaired) electrons. The minimum absolute atomic E-state index is 0. The molecule has 32 heavy (non-hydrogen) atoms. The molecule has 8 heteroatoms. The van der Waals surface area contributed by atoms with Crippen LogP contribution in [-0.2, 0) is 12.0 Å². The number of halogens is 1. The van der Waals surface area contributed by atoms with E-state index >= 15 is 0 Å². The molecule has 7 nitrogen and oxygen atoms in total. The van der Waals surface area contributed by atoms with Gasteiger partial charge in [0.2, 0.25) is 0 Å². The Kier molecular flexibility index (Phi) is 8.33. The fraction of sp³-hybridized carbons (Fsp3) is 0.458. The Morgan fingerprint density at radius 2 is 1.72 bits per heavy atom. The molecule has 1 fully saturated rings. The number of hydrogen-bond donors (Lipinski definition) is 2. The lowest BCUT2D eigenvalue weighted by Crippen LogP contribution is -2.42. The van der Waals surface area contributed by atoms with Crippen LogP contribution >= 0.6 is 24.0 Å². The van der Waals surface area contributed by atoms with E-state index < -0.39 is 0 Å². The molecule has 0 unspecified atom stereocenters. The highest BCUT2D eigenvalue weighted by Gasteiger charge is 2.36. The topological polar surface area (TPSA) is 87.3 Å². The third-order valence-corrected chi connectivity index (χ3v) is 6.20. The van der Waals surface area contributed by atoms with Crippen molar-refractivity contribution in [3.8, 4) is 23.0 Å². The zero-order chi connectivity index (χ0) is 21.7. The van der Waals surface area contributed by atoms with Crippen LogP contribution in [0.1, 0.15) is 36.8 Å². The quantitative estimate of drug-likeness (QED) is 0.306. The van der Waals surface area contributed by atoms with E-state index in [0.717, 1.165) is 36.4 Å². The van der Waals surface area contributed by atoms with E-state index in [9.17, 15) is 0 Å². The molecule has 0 aromatic heterocycles. The largest absolute Gasteiger partial charge is 0.493 e. The standard InChI is InChI=1S/C24H31N3O4.HI/c1-28-19-7-5-17(13-21(19)29-2)15-26-23(25)27-16-24(9-3-4-10-24)18-6-8-20-22(14-18)31-12-11-30-20;/h5-8,13-14H,3-4,9-12,15-16H2,1-2H3,(H3,25,26,27);1H. The van der Waals surface area contributed by atoms with Gasteiger partial charge in [-0.05, 0) is 48.2 Å². The molecule has 3 N–H and O–H groups in total. The summed E-state index contributed by atoms with van der Waals surface area (Å²) in [6, 6.07) is 12.1. The maximum Gasteiger partial charge on any atom is 0.188 e. The SMILES string of the molecule is COc1ccc(CN=C(N)NCC2(c3ccc4c(c3)OCCO4)CCCC2)cc1OC.I. The van der Waals surface area contributed by atoms with Crippen LogP contribution in [0.25, 0.3) is 0 Å². The molecule has 1 heterocycles. The zero-order valence-electron chi connectivity index (χ0n) is 18.7. The summed E-state index contributed by atoms with van der Waals surface area (Å²) in [5, 5.41) is 3.37. The van der Waals surface area contributed by atoms with Crippen molar-refractivity contribution >= 4 is 29.9 Å². The summed E-state index contributed by atoms with van der Waals surface area (Å²) < 4.78 is 22.1. The predicted octanol–water partition coefficient (Wildman–Crippen LogP) is 4.01. The first kappa shape index (κ1) is 24.3. The van der Waals surface area contributed by atoms with Gasteiger partial charge in [-0.1, -0.05) is 25.0 Å². The van der Waals surface area contributed by atoms with Crippen molar-refractivity contribution in [2.75, 3.05) is 34.0 Å². The summed E-state index contributed by atoms with van der Waals surface area (Å²) >= 11 is 0. The monoisotopic (exact) mass is 553 g/mol. The van der Waals surface area contributed by atoms with E-state index in [1.54, 1.807) is 14.2 Å². The molecular formula is C24H32IN3O4. The number of benzene rings is 2. The lowest BCUT2D eigenvalue weighted by atomic mass is 9.78. The van der Waals surface area contributed by atoms with Gasteiger partial charge in [0.1, 0.15) is 13.2 Å². The summed E-state index contributed by atoms with van der Waals surface area (Å²) in [5.41, 5.74) is 8.52. The van der Waals surface area contributed by atoms with Gasteiger partial charge in [-0.3, -0.25) is 0 Å². The molecule has 0 amide bonds. The Hall–Kier alpha value is -2.36. The van der Waals surface area contributed by atoms with Crippen molar-refractivity contribution < 1.29 is 18.9 Å². The Labute approximate surface area is 206 Å². The van der Waals surface area contributed by atoms with E-state index in [1.807, 2.05) is 24.3 Å². The van der Waals surface area contributed by atoms with Crippen molar-refractivity contribution in [3.05, 3.63) is 47.5 Å². The van der Waals surface area contributed by atoms with Crippen LogP contribution in [0.15, 0.2) is 41.4 Å². The van der Waals surface area contributed by atoms with E-state index in [4.69, 9.17) is 24.7 Å². The van der Waals surface area contributed by atoms with Crippen LogP contribution in [-0.4, -0.2) is 39.9 Å². The number of ether oxygens (including phenoxy) is 4. The number of nitrogens with one attached hydrogen (secondary N) is 1. The Morgan fingerprint density at radius 1 is 1.00 bits per heavy atom. The van der Waals surface area contributed by atoms with Crippen LogP contribution in [0, 0.1) is 0 Å². The minimum Gasteiger partial charge on any atom is -0.493 e. The first-order chi connectivity index (χ1) is 15.1. The minimum atomic E-state index is 0. The molecule has 2 aromatic rings. The maximum atomic E-state index is 6.21.